The van der Waals surface area contributed by atoms with E-state index in [2.05, 4.69) is 20.7 Å². The largest absolute Gasteiger partial charge is 0.479 e. The third-order valence-electron chi connectivity index (χ3n) is 4.14. The minimum atomic E-state index is -0.888. The van der Waals surface area contributed by atoms with Crippen LogP contribution in [0.5, 0.6) is 5.75 Å². The van der Waals surface area contributed by atoms with Crippen LogP contribution >= 0.6 is 34.5 Å². The van der Waals surface area contributed by atoms with E-state index in [1.54, 1.807) is 26.0 Å². The second kappa shape index (κ2) is 9.62. The fourth-order valence-electron chi connectivity index (χ4n) is 2.57. The van der Waals surface area contributed by atoms with Crippen molar-refractivity contribution in [2.75, 3.05) is 31.2 Å². The Morgan fingerprint density at radius 2 is 2.00 bits per heavy atom. The number of hydrogen-bond acceptors (Lipinski definition) is 7. The molecule has 1 aromatic carbocycles. The molecule has 1 atom stereocenters. The molecule has 11 heteroatoms. The predicted octanol–water partition coefficient (Wildman–Crippen LogP) is 2.82. The van der Waals surface area contributed by atoms with Crippen LogP contribution in [0.1, 0.15) is 22.3 Å². The molecule has 1 aliphatic rings. The van der Waals surface area contributed by atoms with Gasteiger partial charge >= 0.3 is 0 Å². The number of benzene rings is 1. The van der Waals surface area contributed by atoms with E-state index >= 15 is 0 Å². The van der Waals surface area contributed by atoms with Crippen LogP contribution in [-0.4, -0.2) is 49.2 Å². The molecule has 1 fully saturated rings. The van der Waals surface area contributed by atoms with Crippen molar-refractivity contribution < 1.29 is 19.1 Å². The molecule has 29 heavy (non-hydrogen) atoms. The predicted molar refractivity (Wildman–Crippen MR) is 112 cm³/mol. The van der Waals surface area contributed by atoms with Gasteiger partial charge in [0.05, 0.1) is 23.9 Å². The van der Waals surface area contributed by atoms with Gasteiger partial charge in [0.1, 0.15) is 10.6 Å². The number of thiazole rings is 1. The molecule has 156 valence electrons. The molecule has 1 unspecified atom stereocenters. The number of morpholine rings is 1. The number of anilines is 1. The average Bonchev–Trinajstić information content (AvgIpc) is 3.10. The summed E-state index contributed by atoms with van der Waals surface area (Å²) in [6.45, 7) is 6.02. The monoisotopic (exact) mass is 458 g/mol. The van der Waals surface area contributed by atoms with Crippen LogP contribution < -0.4 is 20.5 Å². The van der Waals surface area contributed by atoms with Gasteiger partial charge in [-0.2, -0.15) is 0 Å². The van der Waals surface area contributed by atoms with Crippen molar-refractivity contribution >= 4 is 51.5 Å². The minimum absolute atomic E-state index is 0.289. The van der Waals surface area contributed by atoms with Crippen molar-refractivity contribution in [2.24, 2.45) is 0 Å². The van der Waals surface area contributed by atoms with E-state index in [9.17, 15) is 9.59 Å². The number of rotatable bonds is 5. The number of carbonyl (C=O) groups is 2. The van der Waals surface area contributed by atoms with Gasteiger partial charge in [-0.25, -0.2) is 4.98 Å². The number of aryl methyl sites for hydroxylation is 1. The van der Waals surface area contributed by atoms with Crippen LogP contribution in [0.15, 0.2) is 18.2 Å². The van der Waals surface area contributed by atoms with Crippen molar-refractivity contribution in [3.05, 3.63) is 38.8 Å². The Morgan fingerprint density at radius 3 is 2.69 bits per heavy atom. The summed E-state index contributed by atoms with van der Waals surface area (Å²) in [7, 11) is 0. The van der Waals surface area contributed by atoms with Crippen LogP contribution in [0.4, 0.5) is 5.13 Å². The van der Waals surface area contributed by atoms with Crippen molar-refractivity contribution in [3.8, 4) is 5.75 Å². The minimum Gasteiger partial charge on any atom is -0.479 e. The second-order valence-corrected chi connectivity index (χ2v) is 8.11. The van der Waals surface area contributed by atoms with Gasteiger partial charge in [-0.1, -0.05) is 34.5 Å². The number of ether oxygens (including phenoxy) is 2. The molecule has 0 bridgehead atoms. The number of hydrogen-bond donors (Lipinski definition) is 2. The summed E-state index contributed by atoms with van der Waals surface area (Å²) in [5, 5.41) is 1.51. The van der Waals surface area contributed by atoms with E-state index in [-0.39, 0.29) is 5.02 Å². The molecule has 1 aromatic heterocycles. The highest BCUT2D eigenvalue weighted by Gasteiger charge is 2.22. The van der Waals surface area contributed by atoms with Crippen LogP contribution in [0.3, 0.4) is 0 Å². The Bertz CT molecular complexity index is 902. The number of nitrogens with zero attached hydrogens (tertiary/aromatic N) is 2. The molecule has 2 heterocycles. The Kier molecular flexibility index (Phi) is 7.18. The third-order valence-corrected chi connectivity index (χ3v) is 5.89. The molecule has 0 radical (unpaired) electrons. The van der Waals surface area contributed by atoms with Gasteiger partial charge in [-0.15, -0.1) is 0 Å². The normalized spacial score (nSPS) is 15.0. The van der Waals surface area contributed by atoms with E-state index in [4.69, 9.17) is 32.7 Å². The molecule has 8 nitrogen and oxygen atoms in total. The average molecular weight is 459 g/mol. The lowest BCUT2D eigenvalue weighted by Crippen LogP contribution is -2.47. The highest BCUT2D eigenvalue weighted by Crippen LogP contribution is 2.28. The molecule has 0 spiro atoms. The van der Waals surface area contributed by atoms with Gasteiger partial charge in [0.15, 0.2) is 11.2 Å². The molecular formula is C18H20Cl2N4O4S. The summed E-state index contributed by atoms with van der Waals surface area (Å²) < 4.78 is 10.9. The fraction of sp³-hybridized carbons (Fsp3) is 0.389. The lowest BCUT2D eigenvalue weighted by atomic mass is 10.3. The van der Waals surface area contributed by atoms with Crippen molar-refractivity contribution in [1.82, 2.24) is 15.8 Å². The number of aromatic nitrogens is 1. The number of nitrogens with one attached hydrogen (secondary N) is 2. The maximum Gasteiger partial charge on any atom is 0.281 e. The van der Waals surface area contributed by atoms with E-state index in [0.717, 1.165) is 18.2 Å². The van der Waals surface area contributed by atoms with E-state index in [1.165, 1.54) is 17.4 Å². The van der Waals surface area contributed by atoms with E-state index in [0.29, 0.717) is 34.6 Å². The van der Waals surface area contributed by atoms with Crippen molar-refractivity contribution in [3.63, 3.8) is 0 Å². The smallest absolute Gasteiger partial charge is 0.281 e. The summed E-state index contributed by atoms with van der Waals surface area (Å²) in [4.78, 5) is 31.7. The van der Waals surface area contributed by atoms with Gasteiger partial charge in [-0.3, -0.25) is 20.4 Å². The van der Waals surface area contributed by atoms with E-state index < -0.39 is 17.9 Å². The number of halogens is 2. The quantitative estimate of drug-likeness (QED) is 0.669. The molecule has 2 amide bonds. The Morgan fingerprint density at radius 1 is 1.28 bits per heavy atom. The first-order valence-corrected chi connectivity index (χ1v) is 10.4. The molecule has 3 rings (SSSR count). The molecule has 2 N–H and O–H groups in total. The number of hydrazine groups is 1. The zero-order valence-electron chi connectivity index (χ0n) is 15.8. The van der Waals surface area contributed by atoms with Crippen LogP contribution in [0.25, 0.3) is 0 Å². The SMILES string of the molecule is Cc1nc(N2CCOCC2)sc1C(=O)NNC(=O)C(C)Oc1ccc(Cl)cc1Cl. The van der Waals surface area contributed by atoms with E-state index in [1.807, 2.05) is 0 Å². The second-order valence-electron chi connectivity index (χ2n) is 6.29. The zero-order chi connectivity index (χ0) is 21.0. The standard InChI is InChI=1S/C18H20Cl2N4O4S/c1-10-15(29-18(21-10)24-5-7-27-8-6-24)17(26)23-22-16(25)11(2)28-14-4-3-12(19)9-13(14)20/h3-4,9,11H,5-8H2,1-2H3,(H,22,25)(H,23,26). The Hall–Kier alpha value is -2.07. The molecule has 0 aliphatic carbocycles. The summed E-state index contributed by atoms with van der Waals surface area (Å²) in [5.41, 5.74) is 5.36. The van der Waals surface area contributed by atoms with Gasteiger partial charge in [0.25, 0.3) is 11.8 Å². The number of amides is 2. The van der Waals surface area contributed by atoms with Gasteiger partial charge < -0.3 is 14.4 Å². The maximum atomic E-state index is 12.5. The van der Waals surface area contributed by atoms with Crippen LogP contribution in [0.2, 0.25) is 10.0 Å². The first-order valence-electron chi connectivity index (χ1n) is 8.87. The summed E-state index contributed by atoms with van der Waals surface area (Å²) in [6, 6.07) is 4.69. The van der Waals surface area contributed by atoms with Gasteiger partial charge in [-0.05, 0) is 32.0 Å². The molecular weight excluding hydrogens is 439 g/mol. The molecule has 0 saturated carbocycles. The fourth-order valence-corrected chi connectivity index (χ4v) is 4.04. The summed E-state index contributed by atoms with van der Waals surface area (Å²) in [6.07, 6.45) is -0.888. The summed E-state index contributed by atoms with van der Waals surface area (Å²) >= 11 is 13.2. The lowest BCUT2D eigenvalue weighted by molar-refractivity contribution is -0.128. The third kappa shape index (κ3) is 5.51. The van der Waals surface area contributed by atoms with Crippen molar-refractivity contribution in [2.45, 2.75) is 20.0 Å². The lowest BCUT2D eigenvalue weighted by Gasteiger charge is -2.25. The highest BCUT2D eigenvalue weighted by molar-refractivity contribution is 7.17. The topological polar surface area (TPSA) is 92.8 Å². The number of carbonyl (C=O) groups excluding carboxylic acids is 2. The Balaban J connectivity index is 1.55. The molecule has 2 aromatic rings. The first kappa shape index (κ1) is 21.6. The van der Waals surface area contributed by atoms with Crippen molar-refractivity contribution in [1.29, 1.82) is 0 Å². The maximum absolute atomic E-state index is 12.5. The molecule has 1 aliphatic heterocycles. The Labute approximate surface area is 182 Å². The first-order chi connectivity index (χ1) is 13.8. The highest BCUT2D eigenvalue weighted by atomic mass is 35.5. The summed E-state index contributed by atoms with van der Waals surface area (Å²) in [5.74, 6) is -0.650. The van der Waals surface area contributed by atoms with Crippen LogP contribution in [-0.2, 0) is 9.53 Å². The molecule has 1 saturated heterocycles. The van der Waals surface area contributed by atoms with Gasteiger partial charge in [0, 0.05) is 18.1 Å². The van der Waals surface area contributed by atoms with Gasteiger partial charge in [0.2, 0.25) is 0 Å². The zero-order valence-corrected chi connectivity index (χ0v) is 18.2. The van der Waals surface area contributed by atoms with Crippen LogP contribution in [0, 0.1) is 6.92 Å².